The Morgan fingerprint density at radius 2 is 1.83 bits per heavy atom. The maximum Gasteiger partial charge on any atom is 0.318 e. The monoisotopic (exact) mass is 490 g/mol. The summed E-state index contributed by atoms with van der Waals surface area (Å²) < 4.78 is 0. The molecule has 2 aromatic rings. The summed E-state index contributed by atoms with van der Waals surface area (Å²) in [5.41, 5.74) is 0.263. The average Bonchev–Trinajstić information content (AvgIpc) is 3.45. The largest absolute Gasteiger partial charge is 0.350 e. The average molecular weight is 491 g/mol. The first-order chi connectivity index (χ1) is 17.2. The van der Waals surface area contributed by atoms with Crippen LogP contribution in [0.4, 0.5) is 4.79 Å². The molecule has 7 nitrogen and oxygen atoms in total. The molecule has 4 amide bonds. The van der Waals surface area contributed by atoms with Crippen molar-refractivity contribution >= 4 is 28.6 Å². The number of nitrogens with one attached hydrogen (secondary N) is 2. The smallest absolute Gasteiger partial charge is 0.318 e. The van der Waals surface area contributed by atoms with Gasteiger partial charge in [-0.25, -0.2) is 4.79 Å². The number of urea groups is 1. The van der Waals surface area contributed by atoms with Gasteiger partial charge in [-0.2, -0.15) is 0 Å². The highest BCUT2D eigenvalue weighted by atomic mass is 16.2. The van der Waals surface area contributed by atoms with E-state index in [1.807, 2.05) is 43.0 Å². The van der Waals surface area contributed by atoms with Crippen molar-refractivity contribution in [3.8, 4) is 0 Å². The Hall–Kier alpha value is -3.09. The first kappa shape index (κ1) is 24.6. The Morgan fingerprint density at radius 3 is 2.58 bits per heavy atom. The highest BCUT2D eigenvalue weighted by Crippen LogP contribution is 2.57. The molecule has 5 rings (SSSR count). The summed E-state index contributed by atoms with van der Waals surface area (Å²) in [6, 6.07) is 13.4. The van der Waals surface area contributed by atoms with Gasteiger partial charge in [0.2, 0.25) is 11.8 Å². The molecule has 3 unspecified atom stereocenters. The minimum atomic E-state index is -0.777. The number of amides is 4. The van der Waals surface area contributed by atoms with Crippen LogP contribution in [0.3, 0.4) is 0 Å². The van der Waals surface area contributed by atoms with Gasteiger partial charge in [0.05, 0.1) is 11.5 Å². The lowest BCUT2D eigenvalue weighted by Crippen LogP contribution is -2.63. The van der Waals surface area contributed by atoms with Gasteiger partial charge in [0.25, 0.3) is 0 Å². The number of fused-ring (bicyclic) bond motifs is 2. The second-order valence-electron chi connectivity index (χ2n) is 11.4. The van der Waals surface area contributed by atoms with Gasteiger partial charge in [0, 0.05) is 25.2 Å². The Kier molecular flexibility index (Phi) is 6.43. The summed E-state index contributed by atoms with van der Waals surface area (Å²) in [6.07, 6.45) is 2.99. The summed E-state index contributed by atoms with van der Waals surface area (Å²) in [7, 11) is 0. The van der Waals surface area contributed by atoms with Gasteiger partial charge in [-0.15, -0.1) is 0 Å². The van der Waals surface area contributed by atoms with Crippen molar-refractivity contribution < 1.29 is 14.4 Å². The third-order valence-corrected chi connectivity index (χ3v) is 8.33. The topological polar surface area (TPSA) is 81.8 Å². The third-order valence-electron chi connectivity index (χ3n) is 8.33. The van der Waals surface area contributed by atoms with Crippen LogP contribution in [0.25, 0.3) is 10.8 Å². The van der Waals surface area contributed by atoms with Crippen molar-refractivity contribution in [3.05, 3.63) is 48.0 Å². The highest BCUT2D eigenvalue weighted by molar-refractivity contribution is 5.98. The van der Waals surface area contributed by atoms with E-state index in [4.69, 9.17) is 0 Å². The fraction of sp³-hybridized carbons (Fsp3) is 0.552. The lowest BCUT2D eigenvalue weighted by molar-refractivity contribution is -0.137. The van der Waals surface area contributed by atoms with Gasteiger partial charge in [0.15, 0.2) is 0 Å². The molecule has 4 atom stereocenters. The molecule has 0 aromatic heterocycles. The van der Waals surface area contributed by atoms with Gasteiger partial charge in [0.1, 0.15) is 6.04 Å². The molecule has 3 fully saturated rings. The predicted molar refractivity (Wildman–Crippen MR) is 140 cm³/mol. The summed E-state index contributed by atoms with van der Waals surface area (Å²) in [6.45, 7) is 9.05. The molecular weight excluding hydrogens is 452 g/mol. The molecule has 0 aliphatic carbocycles. The van der Waals surface area contributed by atoms with E-state index in [1.54, 1.807) is 4.90 Å². The zero-order chi connectivity index (χ0) is 25.6. The van der Waals surface area contributed by atoms with Crippen LogP contribution >= 0.6 is 0 Å². The summed E-state index contributed by atoms with van der Waals surface area (Å²) in [5, 5.41) is 8.44. The molecular formula is C29H38N4O3. The van der Waals surface area contributed by atoms with Crippen LogP contribution in [0, 0.1) is 11.8 Å². The molecule has 2 aromatic carbocycles. The Balaban J connectivity index is 1.47. The predicted octanol–water partition coefficient (Wildman–Crippen LogP) is 4.05. The van der Waals surface area contributed by atoms with Crippen molar-refractivity contribution in [3.63, 3.8) is 0 Å². The molecule has 36 heavy (non-hydrogen) atoms. The second-order valence-corrected chi connectivity index (χ2v) is 11.4. The Bertz CT molecular complexity index is 1170. The number of hydrogen-bond acceptors (Lipinski definition) is 3. The molecule has 3 saturated heterocycles. The SMILES string of the molecule is CC(C)CCN1C(=O)[C@H]2CC3CCC2(C1C(=O)NCc1cccc2ccccc12)N3C(=O)NC(C)C. The third kappa shape index (κ3) is 3.93. The first-order valence-corrected chi connectivity index (χ1v) is 13.4. The molecule has 192 valence electrons. The summed E-state index contributed by atoms with van der Waals surface area (Å²) in [4.78, 5) is 44.8. The molecule has 0 radical (unpaired) electrons. The molecule has 2 bridgehead atoms. The fourth-order valence-corrected chi connectivity index (χ4v) is 6.80. The van der Waals surface area contributed by atoms with Crippen molar-refractivity contribution in [2.75, 3.05) is 6.54 Å². The zero-order valence-electron chi connectivity index (χ0n) is 21.8. The first-order valence-electron chi connectivity index (χ1n) is 13.4. The van der Waals surface area contributed by atoms with Crippen LogP contribution in [-0.4, -0.2) is 57.9 Å². The van der Waals surface area contributed by atoms with Gasteiger partial charge in [-0.05, 0) is 61.8 Å². The molecule has 0 saturated carbocycles. The zero-order valence-corrected chi connectivity index (χ0v) is 21.8. The van der Waals surface area contributed by atoms with Crippen molar-refractivity contribution in [1.82, 2.24) is 20.4 Å². The standard InChI is InChI=1S/C29H38N4O3/c1-18(2)13-15-32-25(26(34)30-17-21-10-7-9-20-8-5-6-11-23(20)21)29-14-12-22(16-24(29)27(32)35)33(29)28(36)31-19(3)4/h5-11,18-19,22,24-25H,12-17H2,1-4H3,(H,30,34)(H,31,36)/t22?,24-,25?,29?/m1/s1. The second kappa shape index (κ2) is 9.41. The molecule has 7 heteroatoms. The molecule has 1 spiro atoms. The number of benzene rings is 2. The summed E-state index contributed by atoms with van der Waals surface area (Å²) in [5.74, 6) is -0.0284. The van der Waals surface area contributed by atoms with Crippen LogP contribution in [0.2, 0.25) is 0 Å². The quantitative estimate of drug-likeness (QED) is 0.614. The van der Waals surface area contributed by atoms with E-state index in [9.17, 15) is 14.4 Å². The van der Waals surface area contributed by atoms with Crippen LogP contribution in [0.15, 0.2) is 42.5 Å². The molecule has 3 aliphatic heterocycles. The number of hydrogen-bond donors (Lipinski definition) is 2. The molecule has 2 N–H and O–H groups in total. The van der Waals surface area contributed by atoms with Crippen LogP contribution in [-0.2, 0) is 16.1 Å². The van der Waals surface area contributed by atoms with E-state index in [0.717, 1.165) is 29.2 Å². The van der Waals surface area contributed by atoms with Crippen LogP contribution in [0.5, 0.6) is 0 Å². The lowest BCUT2D eigenvalue weighted by atomic mass is 9.75. The Labute approximate surface area is 213 Å². The minimum Gasteiger partial charge on any atom is -0.350 e. The van der Waals surface area contributed by atoms with Gasteiger partial charge < -0.3 is 20.4 Å². The van der Waals surface area contributed by atoms with E-state index in [2.05, 4.69) is 42.7 Å². The lowest BCUT2D eigenvalue weighted by Gasteiger charge is -2.40. The van der Waals surface area contributed by atoms with Crippen LogP contribution < -0.4 is 10.6 Å². The van der Waals surface area contributed by atoms with E-state index >= 15 is 0 Å². The number of carbonyl (C=O) groups is 3. The van der Waals surface area contributed by atoms with Crippen molar-refractivity contribution in [2.45, 2.75) is 83.6 Å². The fourth-order valence-electron chi connectivity index (χ4n) is 6.80. The van der Waals surface area contributed by atoms with Crippen molar-refractivity contribution in [1.29, 1.82) is 0 Å². The highest BCUT2D eigenvalue weighted by Gasteiger charge is 2.72. The van der Waals surface area contributed by atoms with Crippen LogP contribution in [0.1, 0.15) is 58.9 Å². The number of nitrogens with zero attached hydrogens (tertiary/aromatic N) is 2. The van der Waals surface area contributed by atoms with E-state index in [-0.39, 0.29) is 35.8 Å². The van der Waals surface area contributed by atoms with E-state index < -0.39 is 11.6 Å². The summed E-state index contributed by atoms with van der Waals surface area (Å²) >= 11 is 0. The van der Waals surface area contributed by atoms with Crippen molar-refractivity contribution in [2.24, 2.45) is 11.8 Å². The number of likely N-dealkylation sites (tertiary alicyclic amines) is 1. The molecule has 3 heterocycles. The minimum absolute atomic E-state index is 0.0123. The van der Waals surface area contributed by atoms with Gasteiger partial charge in [-0.3, -0.25) is 9.59 Å². The van der Waals surface area contributed by atoms with E-state index in [1.165, 1.54) is 0 Å². The van der Waals surface area contributed by atoms with Gasteiger partial charge in [-0.1, -0.05) is 56.3 Å². The van der Waals surface area contributed by atoms with Gasteiger partial charge >= 0.3 is 6.03 Å². The maximum atomic E-state index is 14.0. The normalized spacial score (nSPS) is 26.8. The van der Waals surface area contributed by atoms with E-state index in [0.29, 0.717) is 31.8 Å². The Morgan fingerprint density at radius 1 is 1.08 bits per heavy atom. The maximum absolute atomic E-state index is 14.0. The number of rotatable bonds is 7. The molecule has 3 aliphatic rings. The number of carbonyl (C=O) groups excluding carboxylic acids is 3.